The lowest BCUT2D eigenvalue weighted by Crippen LogP contribution is -2.32. The summed E-state index contributed by atoms with van der Waals surface area (Å²) in [5.74, 6) is -0.660. The van der Waals surface area contributed by atoms with Crippen LogP contribution in [0.3, 0.4) is 0 Å². The highest BCUT2D eigenvalue weighted by Crippen LogP contribution is 1.93. The number of aromatic amines is 1. The van der Waals surface area contributed by atoms with E-state index in [1.807, 2.05) is 0 Å². The third kappa shape index (κ3) is 3.30. The van der Waals surface area contributed by atoms with Crippen molar-refractivity contribution in [1.82, 2.24) is 15.5 Å². The summed E-state index contributed by atoms with van der Waals surface area (Å²) in [6.45, 7) is 3.48. The Kier molecular flexibility index (Phi) is 3.93. The number of H-pyrrole nitrogens is 1. The highest BCUT2D eigenvalue weighted by Gasteiger charge is 2.11. The average Bonchev–Trinajstić information content (AvgIpc) is 2.26. The molecule has 0 aromatic carbocycles. The minimum absolute atomic E-state index is 0.0304. The summed E-state index contributed by atoms with van der Waals surface area (Å²) in [5, 5.41) is 8.11. The molecule has 6 heteroatoms. The zero-order valence-corrected chi connectivity index (χ0v) is 9.11. The molecular weight excluding hydrogens is 210 g/mol. The average molecular weight is 223 g/mol. The number of rotatable bonds is 4. The Hall–Kier alpha value is -1.98. The molecule has 1 aromatic rings. The van der Waals surface area contributed by atoms with Gasteiger partial charge in [-0.3, -0.25) is 14.4 Å². The van der Waals surface area contributed by atoms with Crippen LogP contribution in [0.25, 0.3) is 0 Å². The SMILES string of the molecule is CC(C)C(=O)CNC(=O)c1ccc(=O)[nH]n1. The first kappa shape index (κ1) is 12.1. The van der Waals surface area contributed by atoms with Crippen molar-refractivity contribution >= 4 is 11.7 Å². The van der Waals surface area contributed by atoms with Crippen LogP contribution < -0.4 is 10.9 Å². The third-order valence-electron chi connectivity index (χ3n) is 1.98. The molecule has 0 unspecified atom stereocenters. The van der Waals surface area contributed by atoms with Crippen LogP contribution in [0.1, 0.15) is 24.3 Å². The Labute approximate surface area is 92.1 Å². The monoisotopic (exact) mass is 223 g/mol. The van der Waals surface area contributed by atoms with E-state index < -0.39 is 5.91 Å². The summed E-state index contributed by atoms with van der Waals surface area (Å²) in [4.78, 5) is 33.4. The summed E-state index contributed by atoms with van der Waals surface area (Å²) >= 11 is 0. The molecular formula is C10H13N3O3. The molecule has 2 N–H and O–H groups in total. The Morgan fingerprint density at radius 1 is 1.44 bits per heavy atom. The van der Waals surface area contributed by atoms with Crippen molar-refractivity contribution in [3.63, 3.8) is 0 Å². The number of hydrogen-bond donors (Lipinski definition) is 2. The fourth-order valence-corrected chi connectivity index (χ4v) is 0.933. The van der Waals surface area contributed by atoms with E-state index in [1.54, 1.807) is 13.8 Å². The van der Waals surface area contributed by atoms with E-state index in [0.29, 0.717) is 0 Å². The quantitative estimate of drug-likeness (QED) is 0.734. The molecule has 0 fully saturated rings. The Morgan fingerprint density at radius 3 is 2.62 bits per heavy atom. The minimum atomic E-state index is -0.481. The Bertz CT molecular complexity index is 430. The van der Waals surface area contributed by atoms with Gasteiger partial charge in [0.25, 0.3) is 11.5 Å². The van der Waals surface area contributed by atoms with E-state index in [4.69, 9.17) is 0 Å². The van der Waals surface area contributed by atoms with Gasteiger partial charge in [0, 0.05) is 12.0 Å². The number of carbonyl (C=O) groups excluding carboxylic acids is 2. The number of aromatic nitrogens is 2. The molecule has 0 spiro atoms. The maximum atomic E-state index is 11.4. The van der Waals surface area contributed by atoms with Gasteiger partial charge in [0.15, 0.2) is 5.78 Å². The van der Waals surface area contributed by atoms with Crippen molar-refractivity contribution < 1.29 is 9.59 Å². The Balaban J connectivity index is 2.56. The molecule has 1 aromatic heterocycles. The highest BCUT2D eigenvalue weighted by atomic mass is 16.2. The summed E-state index contributed by atoms with van der Waals surface area (Å²) in [6.07, 6.45) is 0. The van der Waals surface area contributed by atoms with Gasteiger partial charge in [0.2, 0.25) is 0 Å². The predicted octanol–water partition coefficient (Wildman–Crippen LogP) is -0.275. The molecule has 0 saturated heterocycles. The van der Waals surface area contributed by atoms with Crippen molar-refractivity contribution in [3.05, 3.63) is 28.2 Å². The molecule has 0 aliphatic rings. The largest absolute Gasteiger partial charge is 0.344 e. The number of carbonyl (C=O) groups is 2. The third-order valence-corrected chi connectivity index (χ3v) is 1.98. The summed E-state index contributed by atoms with van der Waals surface area (Å²) in [6, 6.07) is 2.50. The Morgan fingerprint density at radius 2 is 2.12 bits per heavy atom. The van der Waals surface area contributed by atoms with Gasteiger partial charge >= 0.3 is 0 Å². The summed E-state index contributed by atoms with van der Waals surface area (Å²) < 4.78 is 0. The number of Topliss-reactive ketones (excluding diaryl/α,β-unsaturated/α-hetero) is 1. The first-order valence-electron chi connectivity index (χ1n) is 4.87. The summed E-state index contributed by atoms with van der Waals surface area (Å²) in [7, 11) is 0. The van der Waals surface area contributed by atoms with Gasteiger partial charge in [-0.15, -0.1) is 0 Å². The lowest BCUT2D eigenvalue weighted by molar-refractivity contribution is -0.120. The maximum absolute atomic E-state index is 11.4. The molecule has 0 saturated carbocycles. The van der Waals surface area contributed by atoms with E-state index in [-0.39, 0.29) is 29.5 Å². The first-order valence-corrected chi connectivity index (χ1v) is 4.87. The van der Waals surface area contributed by atoms with Crippen LogP contribution >= 0.6 is 0 Å². The van der Waals surface area contributed by atoms with Crippen molar-refractivity contribution in [1.29, 1.82) is 0 Å². The zero-order chi connectivity index (χ0) is 12.1. The fraction of sp³-hybridized carbons (Fsp3) is 0.400. The molecule has 1 amide bonds. The molecule has 16 heavy (non-hydrogen) atoms. The standard InChI is InChI=1S/C10H13N3O3/c1-6(2)8(14)5-11-10(16)7-3-4-9(15)13-12-7/h3-4,6H,5H2,1-2H3,(H,11,16)(H,13,15). The van der Waals surface area contributed by atoms with Gasteiger partial charge in [0.1, 0.15) is 5.69 Å². The molecule has 0 bridgehead atoms. The van der Waals surface area contributed by atoms with Gasteiger partial charge in [-0.05, 0) is 6.07 Å². The smallest absolute Gasteiger partial charge is 0.272 e. The van der Waals surface area contributed by atoms with Crippen LogP contribution in [0, 0.1) is 5.92 Å². The van der Waals surface area contributed by atoms with E-state index >= 15 is 0 Å². The van der Waals surface area contributed by atoms with E-state index in [1.165, 1.54) is 12.1 Å². The lowest BCUT2D eigenvalue weighted by Gasteiger charge is -2.05. The van der Waals surface area contributed by atoms with Crippen molar-refractivity contribution in [2.24, 2.45) is 5.92 Å². The van der Waals surface area contributed by atoms with Crippen molar-refractivity contribution in [2.45, 2.75) is 13.8 Å². The molecule has 6 nitrogen and oxygen atoms in total. The van der Waals surface area contributed by atoms with Gasteiger partial charge in [-0.1, -0.05) is 13.8 Å². The van der Waals surface area contributed by atoms with Crippen molar-refractivity contribution in [2.75, 3.05) is 6.54 Å². The van der Waals surface area contributed by atoms with Crippen LogP contribution in [0.15, 0.2) is 16.9 Å². The molecule has 1 heterocycles. The molecule has 0 radical (unpaired) electrons. The second-order valence-corrected chi connectivity index (χ2v) is 3.61. The van der Waals surface area contributed by atoms with E-state index in [2.05, 4.69) is 15.5 Å². The summed E-state index contributed by atoms with van der Waals surface area (Å²) in [5.41, 5.74) is -0.300. The van der Waals surface area contributed by atoms with Gasteiger partial charge < -0.3 is 5.32 Å². The minimum Gasteiger partial charge on any atom is -0.344 e. The van der Waals surface area contributed by atoms with Gasteiger partial charge in [-0.25, -0.2) is 5.10 Å². The number of amides is 1. The first-order chi connectivity index (χ1) is 7.50. The van der Waals surface area contributed by atoms with Crippen LogP contribution in [-0.2, 0) is 4.79 Å². The second kappa shape index (κ2) is 5.20. The van der Waals surface area contributed by atoms with Crippen LogP contribution in [0.5, 0.6) is 0 Å². The van der Waals surface area contributed by atoms with Gasteiger partial charge in [-0.2, -0.15) is 5.10 Å². The maximum Gasteiger partial charge on any atom is 0.272 e. The second-order valence-electron chi connectivity index (χ2n) is 3.61. The van der Waals surface area contributed by atoms with Crippen LogP contribution in [-0.4, -0.2) is 28.4 Å². The fourth-order valence-electron chi connectivity index (χ4n) is 0.933. The zero-order valence-electron chi connectivity index (χ0n) is 9.11. The predicted molar refractivity (Wildman–Crippen MR) is 57.0 cm³/mol. The highest BCUT2D eigenvalue weighted by molar-refractivity contribution is 5.95. The topological polar surface area (TPSA) is 91.9 Å². The normalized spacial score (nSPS) is 10.2. The number of ketones is 1. The van der Waals surface area contributed by atoms with Crippen LogP contribution in [0.2, 0.25) is 0 Å². The molecule has 86 valence electrons. The van der Waals surface area contributed by atoms with Crippen molar-refractivity contribution in [3.8, 4) is 0 Å². The lowest BCUT2D eigenvalue weighted by atomic mass is 10.1. The molecule has 0 aliphatic heterocycles. The van der Waals surface area contributed by atoms with Crippen LogP contribution in [0.4, 0.5) is 0 Å². The number of nitrogens with zero attached hydrogens (tertiary/aromatic N) is 1. The molecule has 1 rings (SSSR count). The van der Waals surface area contributed by atoms with E-state index in [0.717, 1.165) is 0 Å². The molecule has 0 aliphatic carbocycles. The number of hydrogen-bond acceptors (Lipinski definition) is 4. The van der Waals surface area contributed by atoms with Gasteiger partial charge in [0.05, 0.1) is 6.54 Å². The molecule has 0 atom stereocenters. The number of nitrogens with one attached hydrogen (secondary N) is 2. The van der Waals surface area contributed by atoms with E-state index in [9.17, 15) is 14.4 Å².